The maximum absolute atomic E-state index is 12.5. The number of carbonyl (C=O) groups is 1. The summed E-state index contributed by atoms with van der Waals surface area (Å²) in [5.74, 6) is 0.962. The van der Waals surface area contributed by atoms with E-state index in [-0.39, 0.29) is 17.4 Å². The third-order valence-corrected chi connectivity index (χ3v) is 4.11. The molecule has 20 heavy (non-hydrogen) atoms. The fraction of sp³-hybridized carbons (Fsp3) is 0.562. The summed E-state index contributed by atoms with van der Waals surface area (Å²) in [6, 6.07) is 7.83. The zero-order valence-electron chi connectivity index (χ0n) is 12.5. The van der Waals surface area contributed by atoms with Crippen molar-refractivity contribution in [3.05, 3.63) is 29.8 Å². The number of carbonyl (C=O) groups excluding carboxylic acids is 1. The molecule has 1 heterocycles. The summed E-state index contributed by atoms with van der Waals surface area (Å²) in [7, 11) is 1.65. The number of methoxy groups -OCH3 is 1. The second-order valence-corrected chi connectivity index (χ2v) is 5.81. The summed E-state index contributed by atoms with van der Waals surface area (Å²) in [6.07, 6.45) is 2.00. The van der Waals surface area contributed by atoms with Gasteiger partial charge in [0, 0.05) is 6.54 Å². The van der Waals surface area contributed by atoms with E-state index in [1.165, 1.54) is 0 Å². The fourth-order valence-corrected chi connectivity index (χ4v) is 2.60. The van der Waals surface area contributed by atoms with E-state index in [1.54, 1.807) is 7.11 Å². The lowest BCUT2D eigenvalue weighted by Crippen LogP contribution is -2.49. The molecule has 0 saturated carbocycles. The Morgan fingerprint density at radius 1 is 1.40 bits per heavy atom. The maximum Gasteiger partial charge on any atom is 0.227 e. The van der Waals surface area contributed by atoms with Gasteiger partial charge in [-0.2, -0.15) is 0 Å². The van der Waals surface area contributed by atoms with Crippen molar-refractivity contribution in [2.75, 3.05) is 20.2 Å². The van der Waals surface area contributed by atoms with E-state index in [1.807, 2.05) is 38.1 Å². The Balaban J connectivity index is 1.99. The molecule has 4 nitrogen and oxygen atoms in total. The van der Waals surface area contributed by atoms with Gasteiger partial charge in [0.1, 0.15) is 5.75 Å². The number of hydrogen-bond donors (Lipinski definition) is 2. The van der Waals surface area contributed by atoms with E-state index in [0.29, 0.717) is 0 Å². The Labute approximate surface area is 120 Å². The molecule has 2 atom stereocenters. The van der Waals surface area contributed by atoms with Crippen LogP contribution in [0.2, 0.25) is 0 Å². The smallest absolute Gasteiger partial charge is 0.227 e. The van der Waals surface area contributed by atoms with Gasteiger partial charge >= 0.3 is 0 Å². The number of ether oxygens (including phenoxy) is 1. The van der Waals surface area contributed by atoms with Crippen molar-refractivity contribution in [1.29, 1.82) is 0 Å². The molecule has 1 amide bonds. The first-order valence-electron chi connectivity index (χ1n) is 7.21. The van der Waals surface area contributed by atoms with Crippen LogP contribution in [0.4, 0.5) is 0 Å². The molecule has 0 aromatic heterocycles. The summed E-state index contributed by atoms with van der Waals surface area (Å²) in [4.78, 5) is 12.5. The number of piperidine rings is 1. The van der Waals surface area contributed by atoms with Gasteiger partial charge in [0.05, 0.1) is 18.6 Å². The largest absolute Gasteiger partial charge is 0.497 e. The molecule has 0 radical (unpaired) electrons. The van der Waals surface area contributed by atoms with Gasteiger partial charge in [-0.1, -0.05) is 12.1 Å². The maximum atomic E-state index is 12.5. The van der Waals surface area contributed by atoms with Crippen molar-refractivity contribution in [2.24, 2.45) is 5.41 Å². The molecular weight excluding hydrogens is 252 g/mol. The number of amides is 1. The van der Waals surface area contributed by atoms with Crippen molar-refractivity contribution in [3.8, 4) is 5.75 Å². The summed E-state index contributed by atoms with van der Waals surface area (Å²) >= 11 is 0. The van der Waals surface area contributed by atoms with Gasteiger partial charge in [-0.05, 0) is 50.9 Å². The first-order chi connectivity index (χ1) is 9.55. The molecule has 1 aliphatic rings. The van der Waals surface area contributed by atoms with E-state index < -0.39 is 0 Å². The van der Waals surface area contributed by atoms with E-state index in [4.69, 9.17) is 4.74 Å². The van der Waals surface area contributed by atoms with E-state index in [0.717, 1.165) is 37.2 Å². The molecule has 1 unspecified atom stereocenters. The number of rotatable bonds is 4. The van der Waals surface area contributed by atoms with Crippen LogP contribution >= 0.6 is 0 Å². The highest BCUT2D eigenvalue weighted by Gasteiger charge is 2.35. The Kier molecular flexibility index (Phi) is 4.65. The summed E-state index contributed by atoms with van der Waals surface area (Å²) in [5.41, 5.74) is 0.797. The molecule has 0 bridgehead atoms. The standard InChI is InChI=1S/C16H24N2O2/c1-12(13-5-7-14(20-3)8-6-13)18-15(19)16(2)9-4-10-17-11-16/h5-8,12,17H,4,9-11H2,1-3H3,(H,18,19)/t12-,16?/m0/s1. The molecule has 4 heteroatoms. The summed E-state index contributed by atoms with van der Waals surface area (Å²) < 4.78 is 5.15. The van der Waals surface area contributed by atoms with Crippen molar-refractivity contribution in [2.45, 2.75) is 32.7 Å². The number of benzene rings is 1. The zero-order chi connectivity index (χ0) is 14.6. The first-order valence-corrected chi connectivity index (χ1v) is 7.21. The average Bonchev–Trinajstić information content (AvgIpc) is 2.48. The lowest BCUT2D eigenvalue weighted by atomic mass is 9.81. The van der Waals surface area contributed by atoms with Crippen molar-refractivity contribution in [3.63, 3.8) is 0 Å². The number of nitrogens with one attached hydrogen (secondary N) is 2. The highest BCUT2D eigenvalue weighted by Crippen LogP contribution is 2.27. The van der Waals surface area contributed by atoms with Crippen LogP contribution in [0.15, 0.2) is 24.3 Å². The minimum absolute atomic E-state index is 0.00663. The van der Waals surface area contributed by atoms with Crippen LogP contribution in [0.5, 0.6) is 5.75 Å². The number of hydrogen-bond acceptors (Lipinski definition) is 3. The Bertz CT molecular complexity index is 450. The van der Waals surface area contributed by atoms with Crippen molar-refractivity contribution >= 4 is 5.91 Å². The zero-order valence-corrected chi connectivity index (χ0v) is 12.5. The van der Waals surface area contributed by atoms with Gasteiger partial charge in [-0.15, -0.1) is 0 Å². The predicted molar refractivity (Wildman–Crippen MR) is 79.8 cm³/mol. The topological polar surface area (TPSA) is 50.4 Å². The highest BCUT2D eigenvalue weighted by atomic mass is 16.5. The molecule has 0 aliphatic carbocycles. The minimum atomic E-state index is -0.293. The molecule has 1 aromatic rings. The molecule has 2 rings (SSSR count). The van der Waals surface area contributed by atoms with Crippen LogP contribution in [-0.4, -0.2) is 26.1 Å². The molecule has 1 aliphatic heterocycles. The van der Waals surface area contributed by atoms with E-state index in [9.17, 15) is 4.79 Å². The average molecular weight is 276 g/mol. The van der Waals surface area contributed by atoms with Crippen LogP contribution in [0, 0.1) is 5.41 Å². The van der Waals surface area contributed by atoms with Gasteiger partial charge in [-0.3, -0.25) is 4.79 Å². The molecule has 1 saturated heterocycles. The summed E-state index contributed by atoms with van der Waals surface area (Å²) in [5, 5.41) is 6.43. The predicted octanol–water partition coefficient (Wildman–Crippen LogP) is 2.26. The van der Waals surface area contributed by atoms with Gasteiger partial charge < -0.3 is 15.4 Å². The van der Waals surface area contributed by atoms with Gasteiger partial charge in [0.2, 0.25) is 5.91 Å². The lowest BCUT2D eigenvalue weighted by Gasteiger charge is -2.33. The Hall–Kier alpha value is -1.55. The second kappa shape index (κ2) is 6.27. The normalized spacial score (nSPS) is 23.9. The quantitative estimate of drug-likeness (QED) is 0.887. The fourth-order valence-electron chi connectivity index (χ4n) is 2.60. The molecule has 0 spiro atoms. The monoisotopic (exact) mass is 276 g/mol. The third-order valence-electron chi connectivity index (χ3n) is 4.11. The third kappa shape index (κ3) is 3.31. The molecule has 110 valence electrons. The Morgan fingerprint density at radius 2 is 2.10 bits per heavy atom. The lowest BCUT2D eigenvalue weighted by molar-refractivity contribution is -0.131. The SMILES string of the molecule is COc1ccc([C@H](C)NC(=O)C2(C)CCCNC2)cc1. The van der Waals surface area contributed by atoms with E-state index >= 15 is 0 Å². The molecule has 1 aromatic carbocycles. The van der Waals surface area contributed by atoms with Crippen molar-refractivity contribution in [1.82, 2.24) is 10.6 Å². The minimum Gasteiger partial charge on any atom is -0.497 e. The summed E-state index contributed by atoms with van der Waals surface area (Å²) in [6.45, 7) is 5.82. The highest BCUT2D eigenvalue weighted by molar-refractivity contribution is 5.83. The second-order valence-electron chi connectivity index (χ2n) is 5.81. The van der Waals surface area contributed by atoms with Gasteiger partial charge in [0.25, 0.3) is 0 Å². The molecule has 2 N–H and O–H groups in total. The van der Waals surface area contributed by atoms with Gasteiger partial charge in [0.15, 0.2) is 0 Å². The van der Waals surface area contributed by atoms with Crippen LogP contribution < -0.4 is 15.4 Å². The Morgan fingerprint density at radius 3 is 2.65 bits per heavy atom. The van der Waals surface area contributed by atoms with Crippen LogP contribution in [0.1, 0.15) is 38.3 Å². The van der Waals surface area contributed by atoms with Crippen molar-refractivity contribution < 1.29 is 9.53 Å². The molecular formula is C16H24N2O2. The van der Waals surface area contributed by atoms with Crippen LogP contribution in [-0.2, 0) is 4.79 Å². The first kappa shape index (κ1) is 14.9. The van der Waals surface area contributed by atoms with Crippen LogP contribution in [0.3, 0.4) is 0 Å². The molecule has 1 fully saturated rings. The van der Waals surface area contributed by atoms with E-state index in [2.05, 4.69) is 10.6 Å². The van der Waals surface area contributed by atoms with Gasteiger partial charge in [-0.25, -0.2) is 0 Å². The van der Waals surface area contributed by atoms with Crippen LogP contribution in [0.25, 0.3) is 0 Å².